The second-order valence-corrected chi connectivity index (χ2v) is 5.73. The van der Waals surface area contributed by atoms with E-state index in [0.29, 0.717) is 30.2 Å². The van der Waals surface area contributed by atoms with Crippen molar-refractivity contribution >= 4 is 16.9 Å². The molecule has 1 aromatic heterocycles. The average molecular weight is 307 g/mol. The number of furan rings is 1. The third-order valence-corrected chi connectivity index (χ3v) is 4.36. The Labute approximate surface area is 134 Å². The van der Waals surface area contributed by atoms with E-state index in [0.717, 1.165) is 11.8 Å². The third kappa shape index (κ3) is 2.36. The van der Waals surface area contributed by atoms with Gasteiger partial charge in [-0.1, -0.05) is 36.4 Å². The number of hydrogen-bond acceptors (Lipinski definition) is 3. The van der Waals surface area contributed by atoms with Crippen molar-refractivity contribution in [1.82, 2.24) is 4.90 Å². The zero-order valence-electron chi connectivity index (χ0n) is 12.9. The number of benzene rings is 2. The monoisotopic (exact) mass is 307 g/mol. The molecule has 0 aliphatic carbocycles. The molecule has 0 N–H and O–H groups in total. The normalized spacial score (nSPS) is 13.9. The number of nitrogens with zero attached hydrogens (tertiary/aromatic N) is 1. The first-order valence-electron chi connectivity index (χ1n) is 7.69. The van der Waals surface area contributed by atoms with Gasteiger partial charge < -0.3 is 14.1 Å². The number of fused-ring (bicyclic) bond motifs is 2. The van der Waals surface area contributed by atoms with Crippen molar-refractivity contribution in [3.8, 4) is 5.75 Å². The molecule has 0 saturated heterocycles. The van der Waals surface area contributed by atoms with Gasteiger partial charge in [0.2, 0.25) is 0 Å². The molecule has 0 spiro atoms. The molecule has 1 aliphatic rings. The first-order valence-corrected chi connectivity index (χ1v) is 7.69. The van der Waals surface area contributed by atoms with Gasteiger partial charge in [0, 0.05) is 18.5 Å². The van der Waals surface area contributed by atoms with Gasteiger partial charge in [-0.2, -0.15) is 0 Å². The molecule has 2 heterocycles. The van der Waals surface area contributed by atoms with Crippen molar-refractivity contribution < 1.29 is 13.9 Å². The highest BCUT2D eigenvalue weighted by Crippen LogP contribution is 2.29. The first kappa shape index (κ1) is 13.9. The van der Waals surface area contributed by atoms with Gasteiger partial charge in [0.25, 0.3) is 5.91 Å². The molecule has 4 heteroatoms. The number of carbonyl (C=O) groups is 1. The van der Waals surface area contributed by atoms with Crippen LogP contribution in [-0.4, -0.2) is 24.5 Å². The summed E-state index contributed by atoms with van der Waals surface area (Å²) in [6, 6.07) is 15.7. The Morgan fingerprint density at radius 1 is 1.13 bits per heavy atom. The molecule has 0 radical (unpaired) electrons. The van der Waals surface area contributed by atoms with Crippen LogP contribution in [0.1, 0.15) is 21.7 Å². The summed E-state index contributed by atoms with van der Waals surface area (Å²) in [6.45, 7) is 1.34. The van der Waals surface area contributed by atoms with Crippen molar-refractivity contribution in [2.75, 3.05) is 13.7 Å². The van der Waals surface area contributed by atoms with Gasteiger partial charge >= 0.3 is 0 Å². The van der Waals surface area contributed by atoms with Gasteiger partial charge in [-0.05, 0) is 29.7 Å². The molecule has 0 bridgehead atoms. The number of amides is 1. The summed E-state index contributed by atoms with van der Waals surface area (Å²) in [7, 11) is 1.60. The van der Waals surface area contributed by atoms with Gasteiger partial charge in [0.05, 0.1) is 7.11 Å². The van der Waals surface area contributed by atoms with E-state index in [1.807, 2.05) is 35.2 Å². The molecule has 0 saturated carbocycles. The lowest BCUT2D eigenvalue weighted by molar-refractivity contribution is 0.0704. The number of ether oxygens (including phenoxy) is 1. The van der Waals surface area contributed by atoms with E-state index < -0.39 is 0 Å². The molecule has 1 amide bonds. The predicted molar refractivity (Wildman–Crippen MR) is 87.7 cm³/mol. The molecule has 2 aromatic carbocycles. The zero-order chi connectivity index (χ0) is 15.8. The van der Waals surface area contributed by atoms with Crippen LogP contribution >= 0.6 is 0 Å². The lowest BCUT2D eigenvalue weighted by atomic mass is 10.00. The quantitative estimate of drug-likeness (QED) is 0.726. The highest BCUT2D eigenvalue weighted by Gasteiger charge is 2.24. The van der Waals surface area contributed by atoms with Crippen LogP contribution in [0.2, 0.25) is 0 Å². The Kier molecular flexibility index (Phi) is 3.30. The van der Waals surface area contributed by atoms with Crippen LogP contribution < -0.4 is 4.74 Å². The molecule has 0 atom stereocenters. The van der Waals surface area contributed by atoms with Gasteiger partial charge in [0.15, 0.2) is 17.1 Å². The predicted octanol–water partition coefficient (Wildman–Crippen LogP) is 3.64. The zero-order valence-corrected chi connectivity index (χ0v) is 12.9. The van der Waals surface area contributed by atoms with Crippen molar-refractivity contribution in [3.63, 3.8) is 0 Å². The largest absolute Gasteiger partial charge is 0.493 e. The molecule has 0 fully saturated rings. The summed E-state index contributed by atoms with van der Waals surface area (Å²) in [6.07, 6.45) is 0.880. The molecule has 0 unspecified atom stereocenters. The molecule has 4 nitrogen and oxygen atoms in total. The summed E-state index contributed by atoms with van der Waals surface area (Å²) >= 11 is 0. The first-order chi connectivity index (χ1) is 11.3. The fourth-order valence-electron chi connectivity index (χ4n) is 3.13. The van der Waals surface area contributed by atoms with Gasteiger partial charge in [-0.15, -0.1) is 0 Å². The van der Waals surface area contributed by atoms with E-state index in [1.54, 1.807) is 13.2 Å². The molecule has 3 aromatic rings. The van der Waals surface area contributed by atoms with Crippen LogP contribution in [0.15, 0.2) is 52.9 Å². The summed E-state index contributed by atoms with van der Waals surface area (Å²) in [4.78, 5) is 14.6. The molecule has 4 rings (SSSR count). The summed E-state index contributed by atoms with van der Waals surface area (Å²) in [5, 5.41) is 0.880. The smallest absolute Gasteiger partial charge is 0.289 e. The Hall–Kier alpha value is -2.75. The Morgan fingerprint density at radius 3 is 2.78 bits per heavy atom. The van der Waals surface area contributed by atoms with Crippen LogP contribution in [0.25, 0.3) is 11.0 Å². The second kappa shape index (κ2) is 5.47. The molecular formula is C19H17NO3. The summed E-state index contributed by atoms with van der Waals surface area (Å²) in [5.74, 6) is 0.937. The third-order valence-electron chi connectivity index (χ3n) is 4.36. The number of para-hydroxylation sites is 1. The fourth-order valence-corrected chi connectivity index (χ4v) is 3.13. The van der Waals surface area contributed by atoms with Gasteiger partial charge in [-0.3, -0.25) is 4.79 Å². The maximum atomic E-state index is 12.8. The Bertz CT molecular complexity index is 881. The van der Waals surface area contributed by atoms with E-state index in [2.05, 4.69) is 12.1 Å². The summed E-state index contributed by atoms with van der Waals surface area (Å²) < 4.78 is 11.1. The lowest BCUT2D eigenvalue weighted by Crippen LogP contribution is -2.35. The molecule has 116 valence electrons. The van der Waals surface area contributed by atoms with E-state index in [1.165, 1.54) is 11.1 Å². The summed E-state index contributed by atoms with van der Waals surface area (Å²) in [5.41, 5.74) is 3.15. The minimum Gasteiger partial charge on any atom is -0.493 e. The standard InChI is InChI=1S/C19H17NO3/c1-22-16-8-4-7-14-11-17(23-18(14)16)19(21)20-10-9-13-5-2-3-6-15(13)12-20/h2-8,11H,9-10,12H2,1H3. The number of methoxy groups -OCH3 is 1. The van der Waals surface area contributed by atoms with E-state index in [4.69, 9.17) is 9.15 Å². The SMILES string of the molecule is COc1cccc2cc(C(=O)N3CCc4ccccc4C3)oc12. The van der Waals surface area contributed by atoms with Crippen LogP contribution in [0.5, 0.6) is 5.75 Å². The van der Waals surface area contributed by atoms with E-state index >= 15 is 0 Å². The minimum absolute atomic E-state index is 0.0715. The van der Waals surface area contributed by atoms with Gasteiger partial charge in [0.1, 0.15) is 0 Å². The Balaban J connectivity index is 1.65. The molecular weight excluding hydrogens is 290 g/mol. The maximum Gasteiger partial charge on any atom is 0.289 e. The van der Waals surface area contributed by atoms with Crippen molar-refractivity contribution in [2.24, 2.45) is 0 Å². The Morgan fingerprint density at radius 2 is 1.96 bits per heavy atom. The number of carbonyl (C=O) groups excluding carboxylic acids is 1. The molecule has 1 aliphatic heterocycles. The molecule has 23 heavy (non-hydrogen) atoms. The van der Waals surface area contributed by atoms with Crippen LogP contribution in [0.3, 0.4) is 0 Å². The maximum absolute atomic E-state index is 12.8. The van der Waals surface area contributed by atoms with Crippen LogP contribution in [0.4, 0.5) is 0 Å². The minimum atomic E-state index is -0.0715. The fraction of sp³-hybridized carbons (Fsp3) is 0.211. The topological polar surface area (TPSA) is 42.7 Å². The average Bonchev–Trinajstić information content (AvgIpc) is 3.04. The number of hydrogen-bond donors (Lipinski definition) is 0. The lowest BCUT2D eigenvalue weighted by Gasteiger charge is -2.28. The van der Waals surface area contributed by atoms with E-state index in [9.17, 15) is 4.79 Å². The van der Waals surface area contributed by atoms with Crippen molar-refractivity contribution in [3.05, 3.63) is 65.4 Å². The van der Waals surface area contributed by atoms with E-state index in [-0.39, 0.29) is 5.91 Å². The van der Waals surface area contributed by atoms with Crippen molar-refractivity contribution in [2.45, 2.75) is 13.0 Å². The van der Waals surface area contributed by atoms with Crippen LogP contribution in [0, 0.1) is 0 Å². The highest BCUT2D eigenvalue weighted by molar-refractivity contribution is 5.97. The second-order valence-electron chi connectivity index (χ2n) is 5.73. The highest BCUT2D eigenvalue weighted by atomic mass is 16.5. The van der Waals surface area contributed by atoms with Gasteiger partial charge in [-0.25, -0.2) is 0 Å². The van der Waals surface area contributed by atoms with Crippen LogP contribution in [-0.2, 0) is 13.0 Å². The number of rotatable bonds is 2. The van der Waals surface area contributed by atoms with Crippen molar-refractivity contribution in [1.29, 1.82) is 0 Å².